The van der Waals surface area contributed by atoms with Crippen molar-refractivity contribution in [1.82, 2.24) is 20.5 Å². The largest absolute Gasteiger partial charge is 0.389 e. The number of aliphatic hydroxyl groups excluding tert-OH is 1. The normalized spacial score (nSPS) is 18.6. The lowest BCUT2D eigenvalue weighted by atomic mass is 9.89. The van der Waals surface area contributed by atoms with Crippen LogP contribution in [0.3, 0.4) is 0 Å². The van der Waals surface area contributed by atoms with E-state index in [1.54, 1.807) is 12.3 Å². The van der Waals surface area contributed by atoms with E-state index in [-0.39, 0.29) is 31.5 Å². The predicted octanol–water partition coefficient (Wildman–Crippen LogP) is 4.16. The second-order valence-corrected chi connectivity index (χ2v) is 11.4. The van der Waals surface area contributed by atoms with Crippen molar-refractivity contribution in [3.8, 4) is 0 Å². The molecule has 1 aliphatic heterocycles. The number of carbonyl (C=O) groups excluding carboxylic acids is 2. The molecule has 2 heterocycles. The second-order valence-electron chi connectivity index (χ2n) is 11.4. The fourth-order valence-corrected chi connectivity index (χ4v) is 5.72. The zero-order chi connectivity index (χ0) is 31.3. The number of benzene rings is 2. The molecule has 3 aromatic rings. The van der Waals surface area contributed by atoms with E-state index in [1.807, 2.05) is 49.4 Å². The molecule has 2 amide bonds. The molecule has 0 bridgehead atoms. The Morgan fingerprint density at radius 3 is 2.57 bits per heavy atom. The maximum Gasteiger partial charge on any atom is 0.225 e. The Balaban J connectivity index is 1.48. The number of aromatic nitrogens is 1. The van der Waals surface area contributed by atoms with Crippen molar-refractivity contribution in [2.75, 3.05) is 13.1 Å². The standard InChI is InChI=1S/C34H42F2N4O4/c1-2-8-26(20-40(23-41)21-29-11-6-7-13-37-29)34(43)39-32(17-25-15-27(35)18-28(36)16-25)33(42)31-19-30(12-14-38-31)44-22-24-9-4-3-5-10-24/h3-7,9-11,13,15-16,18,23,26,30-33,38,42H,2,8,12,14,17,19-22H2,1H3,(H,39,43). The maximum atomic E-state index is 14.1. The van der Waals surface area contributed by atoms with Gasteiger partial charge in [-0.1, -0.05) is 49.7 Å². The van der Waals surface area contributed by atoms with E-state index in [4.69, 9.17) is 4.74 Å². The van der Waals surface area contributed by atoms with Crippen molar-refractivity contribution in [2.24, 2.45) is 5.92 Å². The van der Waals surface area contributed by atoms with Gasteiger partial charge in [0.15, 0.2) is 0 Å². The summed E-state index contributed by atoms with van der Waals surface area (Å²) >= 11 is 0. The number of piperidine rings is 1. The first-order valence-corrected chi connectivity index (χ1v) is 15.3. The van der Waals surface area contributed by atoms with Crippen LogP contribution < -0.4 is 10.6 Å². The molecule has 1 saturated heterocycles. The zero-order valence-electron chi connectivity index (χ0n) is 25.1. The third-order valence-electron chi connectivity index (χ3n) is 7.95. The van der Waals surface area contributed by atoms with Crippen LogP contribution >= 0.6 is 0 Å². The van der Waals surface area contributed by atoms with Gasteiger partial charge in [-0.15, -0.1) is 0 Å². The number of amides is 2. The van der Waals surface area contributed by atoms with Gasteiger partial charge in [0.05, 0.1) is 43.0 Å². The molecule has 0 radical (unpaired) electrons. The minimum Gasteiger partial charge on any atom is -0.389 e. The zero-order valence-corrected chi connectivity index (χ0v) is 25.1. The van der Waals surface area contributed by atoms with Crippen molar-refractivity contribution in [3.05, 3.63) is 101 Å². The molecule has 44 heavy (non-hydrogen) atoms. The van der Waals surface area contributed by atoms with Gasteiger partial charge in [-0.2, -0.15) is 0 Å². The number of hydrogen-bond donors (Lipinski definition) is 3. The topological polar surface area (TPSA) is 104 Å². The van der Waals surface area contributed by atoms with Crippen LogP contribution in [0.5, 0.6) is 0 Å². The highest BCUT2D eigenvalue weighted by Crippen LogP contribution is 2.21. The van der Waals surface area contributed by atoms with E-state index >= 15 is 0 Å². The van der Waals surface area contributed by atoms with Crippen LogP contribution in [-0.2, 0) is 33.9 Å². The molecule has 5 atom stereocenters. The number of nitrogens with zero attached hydrogens (tertiary/aromatic N) is 2. The van der Waals surface area contributed by atoms with Gasteiger partial charge in [0.2, 0.25) is 12.3 Å². The van der Waals surface area contributed by atoms with Crippen LogP contribution in [0.2, 0.25) is 0 Å². The van der Waals surface area contributed by atoms with Crippen LogP contribution in [0.4, 0.5) is 8.78 Å². The summed E-state index contributed by atoms with van der Waals surface area (Å²) in [5, 5.41) is 17.9. The monoisotopic (exact) mass is 608 g/mol. The Kier molecular flexibility index (Phi) is 12.8. The molecule has 1 aliphatic rings. The molecule has 1 aromatic heterocycles. The highest BCUT2D eigenvalue weighted by atomic mass is 19.1. The van der Waals surface area contributed by atoms with Crippen LogP contribution in [0, 0.1) is 17.6 Å². The minimum absolute atomic E-state index is 0.0134. The van der Waals surface area contributed by atoms with Crippen LogP contribution in [0.25, 0.3) is 0 Å². The van der Waals surface area contributed by atoms with Gasteiger partial charge >= 0.3 is 0 Å². The third-order valence-corrected chi connectivity index (χ3v) is 7.95. The molecular formula is C34H42F2N4O4. The molecule has 1 fully saturated rings. The van der Waals surface area contributed by atoms with Gasteiger partial charge in [-0.25, -0.2) is 8.78 Å². The molecule has 236 valence electrons. The minimum atomic E-state index is -1.08. The van der Waals surface area contributed by atoms with E-state index < -0.39 is 35.7 Å². The lowest BCUT2D eigenvalue weighted by Crippen LogP contribution is -2.58. The Hall–Kier alpha value is -3.73. The lowest BCUT2D eigenvalue weighted by Gasteiger charge is -2.37. The average Bonchev–Trinajstić information content (AvgIpc) is 3.03. The summed E-state index contributed by atoms with van der Waals surface area (Å²) in [6.07, 6.45) is 3.64. The van der Waals surface area contributed by atoms with Crippen LogP contribution in [0.15, 0.2) is 72.9 Å². The molecule has 2 aromatic carbocycles. The molecule has 0 aliphatic carbocycles. The fraction of sp³-hybridized carbons (Fsp3) is 0.441. The van der Waals surface area contributed by atoms with Crippen molar-refractivity contribution in [1.29, 1.82) is 0 Å². The number of halogens is 2. The predicted molar refractivity (Wildman–Crippen MR) is 163 cm³/mol. The Morgan fingerprint density at radius 2 is 1.89 bits per heavy atom. The van der Waals surface area contributed by atoms with Gasteiger partial charge in [-0.3, -0.25) is 14.6 Å². The Labute approximate surface area is 257 Å². The van der Waals surface area contributed by atoms with E-state index in [9.17, 15) is 23.5 Å². The number of carbonyl (C=O) groups is 2. The number of nitrogens with one attached hydrogen (secondary N) is 2. The van der Waals surface area contributed by atoms with E-state index in [0.29, 0.717) is 50.1 Å². The lowest BCUT2D eigenvalue weighted by molar-refractivity contribution is -0.129. The van der Waals surface area contributed by atoms with Gasteiger partial charge in [0.1, 0.15) is 11.6 Å². The average molecular weight is 609 g/mol. The van der Waals surface area contributed by atoms with Crippen molar-refractivity contribution >= 4 is 12.3 Å². The summed E-state index contributed by atoms with van der Waals surface area (Å²) in [5.41, 5.74) is 2.07. The first kappa shape index (κ1) is 33.2. The number of rotatable bonds is 16. The molecule has 4 rings (SSSR count). The Morgan fingerprint density at radius 1 is 1.14 bits per heavy atom. The molecule has 0 saturated carbocycles. The van der Waals surface area contributed by atoms with Gasteiger partial charge in [-0.05, 0) is 67.6 Å². The van der Waals surface area contributed by atoms with Gasteiger partial charge < -0.3 is 25.4 Å². The van der Waals surface area contributed by atoms with Crippen molar-refractivity contribution in [2.45, 2.75) is 76.5 Å². The first-order valence-electron chi connectivity index (χ1n) is 15.3. The number of hydrogen-bond acceptors (Lipinski definition) is 6. The van der Waals surface area contributed by atoms with Gasteiger partial charge in [0, 0.05) is 24.8 Å². The van der Waals surface area contributed by atoms with E-state index in [1.165, 1.54) is 17.0 Å². The highest BCUT2D eigenvalue weighted by Gasteiger charge is 2.35. The first-order chi connectivity index (χ1) is 21.3. The third kappa shape index (κ3) is 10.2. The van der Waals surface area contributed by atoms with E-state index in [0.717, 1.165) is 18.1 Å². The summed E-state index contributed by atoms with van der Waals surface area (Å²) in [7, 11) is 0. The summed E-state index contributed by atoms with van der Waals surface area (Å²) in [5.74, 6) is -2.36. The molecule has 5 unspecified atom stereocenters. The summed E-state index contributed by atoms with van der Waals surface area (Å²) in [6, 6.07) is 17.2. The molecule has 8 nitrogen and oxygen atoms in total. The fourth-order valence-electron chi connectivity index (χ4n) is 5.72. The molecular weight excluding hydrogens is 566 g/mol. The van der Waals surface area contributed by atoms with Gasteiger partial charge in [0.25, 0.3) is 0 Å². The van der Waals surface area contributed by atoms with Crippen LogP contribution in [-0.4, -0.2) is 64.7 Å². The highest BCUT2D eigenvalue weighted by molar-refractivity contribution is 5.79. The smallest absolute Gasteiger partial charge is 0.225 e. The SMILES string of the molecule is CCCC(CN(C=O)Cc1ccccn1)C(=O)NC(Cc1cc(F)cc(F)c1)C(O)C1CC(OCc2ccccc2)CCN1. The summed E-state index contributed by atoms with van der Waals surface area (Å²) < 4.78 is 34.4. The Bertz CT molecular complexity index is 1300. The second kappa shape index (κ2) is 16.9. The quantitative estimate of drug-likeness (QED) is 0.211. The maximum absolute atomic E-state index is 14.1. The van der Waals surface area contributed by atoms with E-state index in [2.05, 4.69) is 15.6 Å². The number of aliphatic hydroxyl groups is 1. The molecule has 10 heteroatoms. The summed E-state index contributed by atoms with van der Waals surface area (Å²) in [6.45, 7) is 3.42. The summed E-state index contributed by atoms with van der Waals surface area (Å²) in [4.78, 5) is 31.4. The van der Waals surface area contributed by atoms with Crippen molar-refractivity contribution in [3.63, 3.8) is 0 Å². The molecule has 3 N–H and O–H groups in total. The molecule has 0 spiro atoms. The number of ether oxygens (including phenoxy) is 1. The van der Waals surface area contributed by atoms with Crippen LogP contribution in [0.1, 0.15) is 49.4 Å². The van der Waals surface area contributed by atoms with Crippen molar-refractivity contribution < 1.29 is 28.2 Å². The number of pyridine rings is 1.